The number of benzene rings is 2. The van der Waals surface area contributed by atoms with Gasteiger partial charge in [-0.2, -0.15) is 10.5 Å². The zero-order valence-corrected chi connectivity index (χ0v) is 18.6. The van der Waals surface area contributed by atoms with E-state index in [1.54, 1.807) is 24.3 Å². The predicted molar refractivity (Wildman–Crippen MR) is 119 cm³/mol. The number of ether oxygens (including phenoxy) is 2. The Kier molecular flexibility index (Phi) is 6.33. The number of carbonyl (C=O) groups is 1. The standard InChI is InChI=1S/C25H25FN4O3/c1-25(2)20-8-15(12-27)4-5-18(20)19-11-21(26)16(10-22(19)33-25)9-17(13-28)30-24(31)23-14-29-6-3-7-32-23/h4-5,8,10-11,17,23,29H,3,6-7,9,14H2,1-2H3,(H,30,31)/t17-,23+/m1/s1. The number of nitrogens with zero attached hydrogens (tertiary/aromatic N) is 2. The molecule has 1 amide bonds. The molecule has 170 valence electrons. The van der Waals surface area contributed by atoms with Crippen molar-refractivity contribution >= 4 is 5.91 Å². The maximum absolute atomic E-state index is 15.1. The van der Waals surface area contributed by atoms with Crippen LogP contribution < -0.4 is 15.4 Å². The second-order valence-electron chi connectivity index (χ2n) is 8.74. The minimum atomic E-state index is -0.918. The Hall–Kier alpha value is -3.46. The molecule has 2 atom stereocenters. The lowest BCUT2D eigenvalue weighted by Crippen LogP contribution is -2.46. The summed E-state index contributed by atoms with van der Waals surface area (Å²) in [6, 6.07) is 11.5. The number of hydrogen-bond donors (Lipinski definition) is 2. The summed E-state index contributed by atoms with van der Waals surface area (Å²) >= 11 is 0. The van der Waals surface area contributed by atoms with Crippen LogP contribution in [-0.4, -0.2) is 37.7 Å². The zero-order valence-electron chi connectivity index (χ0n) is 18.6. The number of nitrogens with one attached hydrogen (secondary N) is 2. The van der Waals surface area contributed by atoms with Crippen molar-refractivity contribution < 1.29 is 18.7 Å². The van der Waals surface area contributed by atoms with Crippen molar-refractivity contribution in [3.05, 3.63) is 52.8 Å². The molecular weight excluding hydrogens is 423 g/mol. The summed E-state index contributed by atoms with van der Waals surface area (Å²) in [6.07, 6.45) is 0.116. The Bertz CT molecular complexity index is 1160. The van der Waals surface area contributed by atoms with Crippen molar-refractivity contribution in [2.24, 2.45) is 0 Å². The van der Waals surface area contributed by atoms with Crippen molar-refractivity contribution in [3.8, 4) is 29.0 Å². The maximum Gasteiger partial charge on any atom is 0.251 e. The van der Waals surface area contributed by atoms with Crippen LogP contribution in [0.5, 0.6) is 5.75 Å². The number of fused-ring (bicyclic) bond motifs is 3. The molecule has 2 aromatic rings. The first-order valence-electron chi connectivity index (χ1n) is 10.9. The van der Waals surface area contributed by atoms with E-state index in [4.69, 9.17) is 9.47 Å². The lowest BCUT2D eigenvalue weighted by Gasteiger charge is -2.35. The van der Waals surface area contributed by atoms with Crippen molar-refractivity contribution in [3.63, 3.8) is 0 Å². The molecule has 7 nitrogen and oxygen atoms in total. The van der Waals surface area contributed by atoms with Crippen molar-refractivity contribution in [2.45, 2.75) is 44.4 Å². The maximum atomic E-state index is 15.1. The van der Waals surface area contributed by atoms with Gasteiger partial charge in [0.1, 0.15) is 29.3 Å². The SMILES string of the molecule is CC1(C)Oc2cc(C[C@H](C#N)NC(=O)[C@@H]3CNCCCO3)c(F)cc2-c2ccc(C#N)cc21. The fraction of sp³-hybridized carbons (Fsp3) is 0.400. The number of halogens is 1. The van der Waals surface area contributed by atoms with Gasteiger partial charge in [0.25, 0.3) is 5.91 Å². The first-order chi connectivity index (χ1) is 15.8. The van der Waals surface area contributed by atoms with E-state index in [0.717, 1.165) is 24.1 Å². The molecule has 0 spiro atoms. The third-order valence-electron chi connectivity index (χ3n) is 5.94. The fourth-order valence-electron chi connectivity index (χ4n) is 4.22. The van der Waals surface area contributed by atoms with Crippen LogP contribution >= 0.6 is 0 Å². The fourth-order valence-corrected chi connectivity index (χ4v) is 4.22. The van der Waals surface area contributed by atoms with Crippen LogP contribution in [0, 0.1) is 28.5 Å². The van der Waals surface area contributed by atoms with Gasteiger partial charge >= 0.3 is 0 Å². The summed E-state index contributed by atoms with van der Waals surface area (Å²) in [4.78, 5) is 12.5. The van der Waals surface area contributed by atoms with Crippen molar-refractivity contribution in [1.82, 2.24) is 10.6 Å². The second-order valence-corrected chi connectivity index (χ2v) is 8.74. The van der Waals surface area contributed by atoms with Crippen molar-refractivity contribution in [1.29, 1.82) is 10.5 Å². The Balaban J connectivity index is 1.58. The quantitative estimate of drug-likeness (QED) is 0.745. The first-order valence-corrected chi connectivity index (χ1v) is 10.9. The van der Waals surface area contributed by atoms with Crippen LogP contribution in [0.2, 0.25) is 0 Å². The van der Waals surface area contributed by atoms with Crippen LogP contribution in [0.15, 0.2) is 30.3 Å². The summed E-state index contributed by atoms with van der Waals surface area (Å²) in [5.74, 6) is -0.393. The number of hydrogen-bond acceptors (Lipinski definition) is 6. The minimum absolute atomic E-state index is 0.00841. The third-order valence-corrected chi connectivity index (χ3v) is 5.94. The molecule has 0 saturated carbocycles. The molecule has 2 heterocycles. The molecule has 8 heteroatoms. The molecule has 1 saturated heterocycles. The largest absolute Gasteiger partial charge is 0.482 e. The third kappa shape index (κ3) is 4.68. The topological polar surface area (TPSA) is 107 Å². The molecule has 2 aromatic carbocycles. The van der Waals surface area contributed by atoms with E-state index in [0.29, 0.717) is 30.0 Å². The van der Waals surface area contributed by atoms with E-state index in [-0.39, 0.29) is 12.0 Å². The summed E-state index contributed by atoms with van der Waals surface area (Å²) in [6.45, 7) is 5.37. The molecule has 2 aliphatic rings. The predicted octanol–water partition coefficient (Wildman–Crippen LogP) is 2.92. The molecule has 0 aromatic heterocycles. The lowest BCUT2D eigenvalue weighted by molar-refractivity contribution is -0.132. The molecule has 0 aliphatic carbocycles. The highest BCUT2D eigenvalue weighted by atomic mass is 19.1. The van der Waals surface area contributed by atoms with E-state index in [1.165, 1.54) is 6.07 Å². The van der Waals surface area contributed by atoms with Gasteiger partial charge in [-0.15, -0.1) is 0 Å². The molecule has 2 N–H and O–H groups in total. The van der Waals surface area contributed by atoms with Crippen molar-refractivity contribution in [2.75, 3.05) is 19.7 Å². The Morgan fingerprint density at radius 1 is 1.30 bits per heavy atom. The Morgan fingerprint density at radius 2 is 2.12 bits per heavy atom. The van der Waals surface area contributed by atoms with Gasteiger partial charge < -0.3 is 20.1 Å². The normalized spacial score (nSPS) is 19.5. The van der Waals surface area contributed by atoms with Crippen LogP contribution in [0.25, 0.3) is 11.1 Å². The highest BCUT2D eigenvalue weighted by Gasteiger charge is 2.34. The number of amides is 1. The molecule has 4 rings (SSSR count). The van der Waals surface area contributed by atoms with E-state index < -0.39 is 29.5 Å². The van der Waals surface area contributed by atoms with Crippen LogP contribution in [0.4, 0.5) is 4.39 Å². The first kappa shape index (κ1) is 22.7. The van der Waals surface area contributed by atoms with Crippen LogP contribution in [0.1, 0.15) is 37.0 Å². The molecular formula is C25H25FN4O3. The average molecular weight is 448 g/mol. The monoisotopic (exact) mass is 448 g/mol. The summed E-state index contributed by atoms with van der Waals surface area (Å²) < 4.78 is 26.8. The number of nitriles is 2. The van der Waals surface area contributed by atoms with Gasteiger partial charge in [-0.25, -0.2) is 4.39 Å². The number of rotatable bonds is 4. The van der Waals surface area contributed by atoms with Gasteiger partial charge in [0.05, 0.1) is 17.7 Å². The molecule has 0 unspecified atom stereocenters. The van der Waals surface area contributed by atoms with Gasteiger partial charge in [-0.3, -0.25) is 4.79 Å². The van der Waals surface area contributed by atoms with Gasteiger partial charge in [-0.05, 0) is 62.2 Å². The molecule has 0 bridgehead atoms. The van der Waals surface area contributed by atoms with Gasteiger partial charge in [0, 0.05) is 30.7 Å². The van der Waals surface area contributed by atoms with Crippen LogP contribution in [0.3, 0.4) is 0 Å². The van der Waals surface area contributed by atoms with E-state index in [2.05, 4.69) is 16.7 Å². The van der Waals surface area contributed by atoms with Gasteiger partial charge in [-0.1, -0.05) is 6.07 Å². The second kappa shape index (κ2) is 9.19. The molecule has 0 radical (unpaired) electrons. The van der Waals surface area contributed by atoms with Gasteiger partial charge in [0.2, 0.25) is 0 Å². The van der Waals surface area contributed by atoms with Gasteiger partial charge in [0.15, 0.2) is 0 Å². The zero-order chi connectivity index (χ0) is 23.6. The molecule has 33 heavy (non-hydrogen) atoms. The smallest absolute Gasteiger partial charge is 0.251 e. The highest BCUT2D eigenvalue weighted by Crippen LogP contribution is 2.46. The highest BCUT2D eigenvalue weighted by molar-refractivity contribution is 5.82. The Morgan fingerprint density at radius 3 is 2.88 bits per heavy atom. The van der Waals surface area contributed by atoms with E-state index in [9.17, 15) is 15.3 Å². The lowest BCUT2D eigenvalue weighted by atomic mass is 9.84. The summed E-state index contributed by atoms with van der Waals surface area (Å²) in [5.41, 5.74) is 2.25. The van der Waals surface area contributed by atoms with Crippen LogP contribution in [-0.2, 0) is 21.6 Å². The average Bonchev–Trinajstić information content (AvgIpc) is 3.09. The minimum Gasteiger partial charge on any atom is -0.482 e. The Labute approximate surface area is 192 Å². The molecule has 1 fully saturated rings. The summed E-state index contributed by atoms with van der Waals surface area (Å²) in [5, 5.41) is 24.6. The van der Waals surface area contributed by atoms with E-state index in [1.807, 2.05) is 19.9 Å². The molecule has 2 aliphatic heterocycles. The summed E-state index contributed by atoms with van der Waals surface area (Å²) in [7, 11) is 0. The van der Waals surface area contributed by atoms with E-state index >= 15 is 4.39 Å². The number of carbonyl (C=O) groups excluding carboxylic acids is 1.